The van der Waals surface area contributed by atoms with Crippen molar-refractivity contribution in [2.75, 3.05) is 0 Å². The van der Waals surface area contributed by atoms with E-state index in [4.69, 9.17) is 4.42 Å². The van der Waals surface area contributed by atoms with Crippen LogP contribution >= 0.6 is 0 Å². The van der Waals surface area contributed by atoms with Gasteiger partial charge in [0.15, 0.2) is 11.4 Å². The summed E-state index contributed by atoms with van der Waals surface area (Å²) in [4.78, 5) is 0. The van der Waals surface area contributed by atoms with Crippen LogP contribution in [-0.4, -0.2) is 24.2 Å². The molecule has 0 bridgehead atoms. The second-order valence-electron chi connectivity index (χ2n) is 4.12. The van der Waals surface area contributed by atoms with Crippen LogP contribution in [0.25, 0.3) is 22.3 Å². The van der Waals surface area contributed by atoms with Crippen LogP contribution in [-0.2, 0) is 0 Å². The van der Waals surface area contributed by atoms with Crippen LogP contribution in [0.2, 0.25) is 0 Å². The van der Waals surface area contributed by atoms with Crippen molar-refractivity contribution in [3.8, 4) is 0 Å². The standard InChI is InChI=1S/C11H9N5O/c1-6-3-8-10(17-6)4-9-11-14-13-7(2)16(11)12-5-15(8)9/h3-5H,1-2H3. The molecule has 4 heterocycles. The molecule has 0 aromatic carbocycles. The summed E-state index contributed by atoms with van der Waals surface area (Å²) in [5, 5.41) is 12.5. The van der Waals surface area contributed by atoms with Gasteiger partial charge in [0.2, 0.25) is 5.65 Å². The molecule has 0 aliphatic carbocycles. The van der Waals surface area contributed by atoms with Crippen molar-refractivity contribution in [1.82, 2.24) is 24.2 Å². The molecule has 0 spiro atoms. The van der Waals surface area contributed by atoms with E-state index in [0.717, 1.165) is 33.8 Å². The minimum atomic E-state index is 0.744. The number of aromatic nitrogens is 5. The maximum absolute atomic E-state index is 5.60. The summed E-state index contributed by atoms with van der Waals surface area (Å²) < 4.78 is 9.29. The highest BCUT2D eigenvalue weighted by Gasteiger charge is 2.13. The Kier molecular flexibility index (Phi) is 1.36. The molecule has 0 aliphatic rings. The van der Waals surface area contributed by atoms with Gasteiger partial charge in [0.05, 0.1) is 11.0 Å². The molecule has 0 N–H and O–H groups in total. The zero-order valence-electron chi connectivity index (χ0n) is 9.38. The van der Waals surface area contributed by atoms with Crippen LogP contribution in [0, 0.1) is 13.8 Å². The molecule has 0 amide bonds. The summed E-state index contributed by atoms with van der Waals surface area (Å²) in [5.74, 6) is 1.67. The van der Waals surface area contributed by atoms with Gasteiger partial charge in [-0.2, -0.15) is 9.61 Å². The topological polar surface area (TPSA) is 60.6 Å². The third kappa shape index (κ3) is 0.968. The van der Waals surface area contributed by atoms with E-state index < -0.39 is 0 Å². The Hall–Kier alpha value is -2.37. The summed E-state index contributed by atoms with van der Waals surface area (Å²) in [5.41, 5.74) is 3.55. The van der Waals surface area contributed by atoms with Crippen molar-refractivity contribution >= 4 is 22.3 Å². The first-order valence-corrected chi connectivity index (χ1v) is 5.32. The molecule has 84 valence electrons. The number of aryl methyl sites for hydroxylation is 2. The van der Waals surface area contributed by atoms with E-state index in [1.54, 1.807) is 10.8 Å². The van der Waals surface area contributed by atoms with Crippen molar-refractivity contribution in [2.24, 2.45) is 0 Å². The van der Waals surface area contributed by atoms with Gasteiger partial charge >= 0.3 is 0 Å². The first-order valence-electron chi connectivity index (χ1n) is 5.32. The minimum Gasteiger partial charge on any atom is -0.460 e. The molecular weight excluding hydrogens is 218 g/mol. The quantitative estimate of drug-likeness (QED) is 0.459. The van der Waals surface area contributed by atoms with Crippen LogP contribution in [0.5, 0.6) is 0 Å². The largest absolute Gasteiger partial charge is 0.460 e. The monoisotopic (exact) mass is 227 g/mol. The molecule has 6 heteroatoms. The molecule has 0 atom stereocenters. The highest BCUT2D eigenvalue weighted by molar-refractivity contribution is 5.88. The first kappa shape index (κ1) is 8.74. The highest BCUT2D eigenvalue weighted by atomic mass is 16.3. The average Bonchev–Trinajstić information content (AvgIpc) is 2.91. The highest BCUT2D eigenvalue weighted by Crippen LogP contribution is 2.24. The number of hydrogen-bond acceptors (Lipinski definition) is 4. The fraction of sp³-hybridized carbons (Fsp3) is 0.182. The van der Waals surface area contributed by atoms with Crippen LogP contribution < -0.4 is 0 Å². The predicted octanol–water partition coefficient (Wildman–Crippen LogP) is 1.74. The first-order chi connectivity index (χ1) is 8.24. The lowest BCUT2D eigenvalue weighted by atomic mass is 10.4. The van der Waals surface area contributed by atoms with Crippen molar-refractivity contribution in [1.29, 1.82) is 0 Å². The summed E-state index contributed by atoms with van der Waals surface area (Å²) in [6, 6.07) is 3.96. The molecule has 4 rings (SSSR count). The lowest BCUT2D eigenvalue weighted by Crippen LogP contribution is -1.97. The van der Waals surface area contributed by atoms with Gasteiger partial charge in [-0.1, -0.05) is 0 Å². The zero-order chi connectivity index (χ0) is 11.6. The third-order valence-electron chi connectivity index (χ3n) is 2.96. The molecule has 0 saturated carbocycles. The van der Waals surface area contributed by atoms with E-state index in [1.165, 1.54) is 0 Å². The Bertz CT molecular complexity index is 866. The molecule has 4 aromatic heterocycles. The second-order valence-corrected chi connectivity index (χ2v) is 4.12. The Morgan fingerprint density at radius 2 is 2.00 bits per heavy atom. The number of nitrogens with zero attached hydrogens (tertiary/aromatic N) is 5. The smallest absolute Gasteiger partial charge is 0.202 e. The van der Waals surface area contributed by atoms with Gasteiger partial charge in [-0.05, 0) is 13.8 Å². The Morgan fingerprint density at radius 1 is 1.12 bits per heavy atom. The number of rotatable bonds is 0. The van der Waals surface area contributed by atoms with Gasteiger partial charge in [-0.25, -0.2) is 0 Å². The second kappa shape index (κ2) is 2.65. The van der Waals surface area contributed by atoms with Crippen molar-refractivity contribution in [3.05, 3.63) is 30.0 Å². The van der Waals surface area contributed by atoms with Crippen LogP contribution in [0.1, 0.15) is 11.6 Å². The number of fused-ring (bicyclic) bond motifs is 5. The Labute approximate surface area is 95.5 Å². The molecule has 0 saturated heterocycles. The van der Waals surface area contributed by atoms with E-state index in [0.29, 0.717) is 0 Å². The van der Waals surface area contributed by atoms with Crippen molar-refractivity contribution in [3.63, 3.8) is 0 Å². The predicted molar refractivity (Wildman–Crippen MR) is 61.0 cm³/mol. The maximum atomic E-state index is 5.60. The zero-order valence-corrected chi connectivity index (χ0v) is 9.38. The fourth-order valence-electron chi connectivity index (χ4n) is 2.19. The summed E-state index contributed by atoms with van der Waals surface area (Å²) in [6.45, 7) is 3.81. The van der Waals surface area contributed by atoms with Crippen LogP contribution in [0.3, 0.4) is 0 Å². The van der Waals surface area contributed by atoms with Gasteiger partial charge in [0.1, 0.15) is 12.1 Å². The maximum Gasteiger partial charge on any atom is 0.202 e. The molecule has 0 radical (unpaired) electrons. The molecule has 0 aliphatic heterocycles. The van der Waals surface area contributed by atoms with Crippen molar-refractivity contribution in [2.45, 2.75) is 13.8 Å². The molecule has 4 aromatic rings. The SMILES string of the molecule is Cc1cc2c(cc3c4nnc(C)n4ncn23)o1. The Balaban J connectivity index is 2.30. The Morgan fingerprint density at radius 3 is 2.88 bits per heavy atom. The van der Waals surface area contributed by atoms with Crippen LogP contribution in [0.4, 0.5) is 0 Å². The molecule has 17 heavy (non-hydrogen) atoms. The van der Waals surface area contributed by atoms with E-state index in [9.17, 15) is 0 Å². The lowest BCUT2D eigenvalue weighted by molar-refractivity contribution is 0.579. The molecular formula is C11H9N5O. The van der Waals surface area contributed by atoms with Gasteiger partial charge < -0.3 is 4.42 Å². The van der Waals surface area contributed by atoms with E-state index in [1.807, 2.05) is 30.4 Å². The summed E-state index contributed by atoms with van der Waals surface area (Å²) in [6.07, 6.45) is 1.76. The molecule has 0 fully saturated rings. The van der Waals surface area contributed by atoms with Gasteiger partial charge in [-0.3, -0.25) is 4.40 Å². The fourth-order valence-corrected chi connectivity index (χ4v) is 2.19. The third-order valence-corrected chi connectivity index (χ3v) is 2.96. The van der Waals surface area contributed by atoms with Gasteiger partial charge in [0, 0.05) is 12.1 Å². The van der Waals surface area contributed by atoms with Crippen LogP contribution in [0.15, 0.2) is 22.9 Å². The normalized spacial score (nSPS) is 12.1. The summed E-state index contributed by atoms with van der Waals surface area (Å²) >= 11 is 0. The van der Waals surface area contributed by atoms with E-state index >= 15 is 0 Å². The lowest BCUT2D eigenvalue weighted by Gasteiger charge is -1.96. The number of hydrogen-bond donors (Lipinski definition) is 0. The number of furan rings is 1. The van der Waals surface area contributed by atoms with E-state index in [-0.39, 0.29) is 0 Å². The molecule has 0 unspecified atom stereocenters. The van der Waals surface area contributed by atoms with Gasteiger partial charge in [-0.15, -0.1) is 10.2 Å². The van der Waals surface area contributed by atoms with Gasteiger partial charge in [0.25, 0.3) is 0 Å². The van der Waals surface area contributed by atoms with E-state index in [2.05, 4.69) is 15.3 Å². The van der Waals surface area contributed by atoms with Crippen molar-refractivity contribution < 1.29 is 4.42 Å². The average molecular weight is 227 g/mol. The molecule has 6 nitrogen and oxygen atoms in total. The minimum absolute atomic E-state index is 0.744. The summed E-state index contributed by atoms with van der Waals surface area (Å²) in [7, 11) is 0.